The van der Waals surface area contributed by atoms with Crippen LogP contribution in [0.1, 0.15) is 114 Å². The van der Waals surface area contributed by atoms with E-state index in [1.807, 2.05) is 0 Å². The number of rotatable bonds is 5. The van der Waals surface area contributed by atoms with Crippen LogP contribution in [0.3, 0.4) is 0 Å². The van der Waals surface area contributed by atoms with Gasteiger partial charge in [-0.2, -0.15) is 0 Å². The molecule has 4 aliphatic rings. The van der Waals surface area contributed by atoms with Gasteiger partial charge in [0, 0.05) is 25.2 Å². The Bertz CT molecular complexity index is 1180. The zero-order valence-electron chi connectivity index (χ0n) is 27.1. The van der Waals surface area contributed by atoms with Crippen LogP contribution in [-0.2, 0) is 28.6 Å². The lowest BCUT2D eigenvalue weighted by Crippen LogP contribution is -2.60. The summed E-state index contributed by atoms with van der Waals surface area (Å²) in [5.41, 5.74) is 4.30. The van der Waals surface area contributed by atoms with E-state index in [-0.39, 0.29) is 40.6 Å². The Morgan fingerprint density at radius 1 is 0.829 bits per heavy atom. The highest BCUT2D eigenvalue weighted by Crippen LogP contribution is 2.62. The van der Waals surface area contributed by atoms with Gasteiger partial charge in [-0.15, -0.1) is 0 Å². The van der Waals surface area contributed by atoms with Gasteiger partial charge < -0.3 is 14.2 Å². The summed E-state index contributed by atoms with van der Waals surface area (Å²) in [5, 5.41) is 0. The van der Waals surface area contributed by atoms with Crippen molar-refractivity contribution in [2.24, 2.45) is 33.5 Å². The number of fused-ring (bicyclic) bond motifs is 2. The minimum absolute atomic E-state index is 0.0637. The number of allylic oxidation sites excluding steroid dienone is 6. The van der Waals surface area contributed by atoms with Crippen molar-refractivity contribution in [3.8, 4) is 0 Å². The van der Waals surface area contributed by atoms with Crippen LogP contribution in [0.4, 0.5) is 0 Å². The Kier molecular flexibility index (Phi) is 8.50. The molecule has 0 heterocycles. The maximum absolute atomic E-state index is 13.3. The molecule has 228 valence electrons. The lowest BCUT2D eigenvalue weighted by atomic mass is 9.48. The van der Waals surface area contributed by atoms with Gasteiger partial charge in [-0.1, -0.05) is 57.9 Å². The van der Waals surface area contributed by atoms with Crippen LogP contribution in [0.2, 0.25) is 0 Å². The minimum Gasteiger partial charge on any atom is -0.469 e. The van der Waals surface area contributed by atoms with E-state index in [4.69, 9.17) is 14.2 Å². The van der Waals surface area contributed by atoms with Crippen LogP contribution >= 0.6 is 0 Å². The van der Waals surface area contributed by atoms with E-state index in [0.29, 0.717) is 6.42 Å². The summed E-state index contributed by atoms with van der Waals surface area (Å²) in [7, 11) is 1.53. The number of methoxy groups -OCH3 is 1. The molecular weight excluding hydrogens is 516 g/mol. The summed E-state index contributed by atoms with van der Waals surface area (Å²) < 4.78 is 17.2. The lowest BCUT2D eigenvalue weighted by Gasteiger charge is -2.58. The predicted molar refractivity (Wildman–Crippen MR) is 160 cm³/mol. The monoisotopic (exact) mass is 568 g/mol. The Hall–Kier alpha value is -2.37. The molecule has 0 aromatic heterocycles. The molecular formula is C35H52O6. The third-order valence-corrected chi connectivity index (χ3v) is 11.4. The maximum atomic E-state index is 13.3. The number of hydrogen-bond donors (Lipinski definition) is 0. The largest absolute Gasteiger partial charge is 0.469 e. The minimum atomic E-state index is -0.524. The first-order valence-electron chi connectivity index (χ1n) is 15.5. The molecule has 0 aromatic carbocycles. The van der Waals surface area contributed by atoms with Gasteiger partial charge in [0.15, 0.2) is 0 Å². The maximum Gasteiger partial charge on any atom is 0.312 e. The van der Waals surface area contributed by atoms with Crippen LogP contribution in [-0.4, -0.2) is 37.2 Å². The summed E-state index contributed by atoms with van der Waals surface area (Å²) >= 11 is 0. The Morgan fingerprint density at radius 3 is 2.10 bits per heavy atom. The zero-order valence-corrected chi connectivity index (χ0v) is 27.1. The van der Waals surface area contributed by atoms with Gasteiger partial charge in [-0.3, -0.25) is 14.4 Å². The summed E-state index contributed by atoms with van der Waals surface area (Å²) in [6, 6.07) is 0. The average Bonchev–Trinajstić information content (AvgIpc) is 2.85. The van der Waals surface area contributed by atoms with E-state index >= 15 is 0 Å². The van der Waals surface area contributed by atoms with Crippen molar-refractivity contribution < 1.29 is 28.6 Å². The highest BCUT2D eigenvalue weighted by molar-refractivity contribution is 5.79. The van der Waals surface area contributed by atoms with Gasteiger partial charge in [0.1, 0.15) is 12.2 Å². The zero-order chi connectivity index (χ0) is 30.5. The molecule has 6 nitrogen and oxygen atoms in total. The first-order valence-corrected chi connectivity index (χ1v) is 15.5. The highest BCUT2D eigenvalue weighted by Gasteiger charge is 2.60. The van der Waals surface area contributed by atoms with E-state index in [0.717, 1.165) is 44.9 Å². The SMILES string of the molecule is COC(=O)[C@@]12CCC(C)=C(C=CC3=C(C)CC[C@H]4C(C)(C)[C@@H](OC(C)=O)[C@H](OC(C)=O)C[C@]34C)[C@@H]1CC(C)(C)CC2. The molecule has 6 heteroatoms. The van der Waals surface area contributed by atoms with Crippen LogP contribution in [0.15, 0.2) is 34.4 Å². The van der Waals surface area contributed by atoms with Crippen LogP contribution < -0.4 is 0 Å². The molecule has 0 spiro atoms. The second-order valence-electron chi connectivity index (χ2n) is 15.0. The molecule has 6 atom stereocenters. The third-order valence-electron chi connectivity index (χ3n) is 11.4. The molecule has 0 bridgehead atoms. The van der Waals surface area contributed by atoms with E-state index in [1.54, 1.807) is 0 Å². The van der Waals surface area contributed by atoms with Crippen LogP contribution in [0, 0.1) is 33.5 Å². The lowest BCUT2D eigenvalue weighted by molar-refractivity contribution is -0.203. The topological polar surface area (TPSA) is 78.9 Å². The number of ether oxygens (including phenoxy) is 3. The first-order chi connectivity index (χ1) is 19.0. The van der Waals surface area contributed by atoms with Crippen LogP contribution in [0.5, 0.6) is 0 Å². The van der Waals surface area contributed by atoms with Gasteiger partial charge in [0.05, 0.1) is 12.5 Å². The molecule has 4 rings (SSSR count). The predicted octanol–water partition coefficient (Wildman–Crippen LogP) is 7.66. The smallest absolute Gasteiger partial charge is 0.312 e. The molecule has 0 radical (unpaired) electrons. The summed E-state index contributed by atoms with van der Waals surface area (Å²) in [6.07, 6.45) is 10.7. The molecule has 0 unspecified atom stereocenters. The van der Waals surface area contributed by atoms with E-state index in [2.05, 4.69) is 60.6 Å². The fourth-order valence-electron chi connectivity index (χ4n) is 9.32. The van der Waals surface area contributed by atoms with Gasteiger partial charge in [-0.05, 0) is 93.1 Å². The number of carbonyl (C=O) groups is 3. The van der Waals surface area contributed by atoms with Gasteiger partial charge in [-0.25, -0.2) is 0 Å². The second kappa shape index (κ2) is 11.0. The van der Waals surface area contributed by atoms with E-state index < -0.39 is 23.0 Å². The fourth-order valence-corrected chi connectivity index (χ4v) is 9.32. The summed E-state index contributed by atoms with van der Waals surface area (Å²) in [4.78, 5) is 37.7. The van der Waals surface area contributed by atoms with Crippen molar-refractivity contribution >= 4 is 17.9 Å². The number of carbonyl (C=O) groups excluding carboxylic acids is 3. The van der Waals surface area contributed by atoms with Gasteiger partial charge in [0.25, 0.3) is 0 Å². The van der Waals surface area contributed by atoms with E-state index in [1.165, 1.54) is 43.2 Å². The molecule has 0 N–H and O–H groups in total. The van der Waals surface area contributed by atoms with Gasteiger partial charge in [0.2, 0.25) is 0 Å². The molecule has 0 aromatic rings. The molecule has 0 amide bonds. The highest BCUT2D eigenvalue weighted by atomic mass is 16.6. The van der Waals surface area contributed by atoms with Crippen molar-refractivity contribution in [3.63, 3.8) is 0 Å². The van der Waals surface area contributed by atoms with Crippen LogP contribution in [0.25, 0.3) is 0 Å². The number of hydrogen-bond acceptors (Lipinski definition) is 6. The Morgan fingerprint density at radius 2 is 1.49 bits per heavy atom. The molecule has 41 heavy (non-hydrogen) atoms. The molecule has 0 aliphatic heterocycles. The molecule has 2 fully saturated rings. The van der Waals surface area contributed by atoms with E-state index in [9.17, 15) is 14.4 Å². The van der Waals surface area contributed by atoms with Crippen molar-refractivity contribution in [3.05, 3.63) is 34.4 Å². The molecule has 4 aliphatic carbocycles. The van der Waals surface area contributed by atoms with Crippen molar-refractivity contribution in [1.29, 1.82) is 0 Å². The second-order valence-corrected chi connectivity index (χ2v) is 15.0. The standard InChI is InChI=1S/C35H52O6/c1-21-15-16-35(31(38)39-10)18-17-32(5,6)19-27(35)25(21)12-13-26-22(2)11-14-29-33(7,8)30(41-24(4)37)28(40-23(3)36)20-34(26,29)9/h12-13,27-30H,11,14-20H2,1-10H3/t27-,28+,29-,30-,34+,35+/m0/s1. The summed E-state index contributed by atoms with van der Waals surface area (Å²) in [6.45, 7) is 18.5. The number of esters is 3. The fraction of sp³-hybridized carbons (Fsp3) is 0.743. The Balaban J connectivity index is 1.77. The average molecular weight is 569 g/mol. The normalized spacial score (nSPS) is 36.3. The van der Waals surface area contributed by atoms with Crippen molar-refractivity contribution in [2.75, 3.05) is 7.11 Å². The molecule has 0 saturated heterocycles. The quantitative estimate of drug-likeness (QED) is 0.250. The Labute approximate surface area is 247 Å². The van der Waals surface area contributed by atoms with Gasteiger partial charge >= 0.3 is 17.9 Å². The van der Waals surface area contributed by atoms with Crippen molar-refractivity contribution in [2.45, 2.75) is 126 Å². The molecule has 2 saturated carbocycles. The van der Waals surface area contributed by atoms with Crippen molar-refractivity contribution in [1.82, 2.24) is 0 Å². The summed E-state index contributed by atoms with van der Waals surface area (Å²) in [5.74, 6) is -0.414. The first kappa shape index (κ1) is 31.6. The third kappa shape index (κ3) is 5.57.